The number of nitrogens with zero attached hydrogens (tertiary/aromatic N) is 2. The van der Waals surface area contributed by atoms with Crippen LogP contribution in [0.2, 0.25) is 5.02 Å². The summed E-state index contributed by atoms with van der Waals surface area (Å²) in [4.78, 5) is 0. The molecule has 0 amide bonds. The molecule has 5 heteroatoms. The summed E-state index contributed by atoms with van der Waals surface area (Å²) in [6.07, 6.45) is 3.81. The fraction of sp³-hybridized carbons (Fsp3) is 0.786. The number of rotatable bonds is 7. The first-order valence-electron chi connectivity index (χ1n) is 7.16. The molecule has 2 N–H and O–H groups in total. The zero-order chi connectivity index (χ0) is 14.0. The van der Waals surface area contributed by atoms with Gasteiger partial charge in [-0.25, -0.2) is 0 Å². The molecule has 1 heterocycles. The molecule has 1 aliphatic carbocycles. The summed E-state index contributed by atoms with van der Waals surface area (Å²) in [7, 11) is 0. The molecule has 2 rings (SSSR count). The second kappa shape index (κ2) is 5.81. The summed E-state index contributed by atoms with van der Waals surface area (Å²) < 4.78 is 1.91. The average Bonchev–Trinajstić information content (AvgIpc) is 3.15. The molecule has 19 heavy (non-hydrogen) atoms. The molecule has 0 aliphatic heterocycles. The highest BCUT2D eigenvalue weighted by molar-refractivity contribution is 6.31. The second-order valence-corrected chi connectivity index (χ2v) is 6.08. The van der Waals surface area contributed by atoms with Gasteiger partial charge in [0.25, 0.3) is 0 Å². The zero-order valence-electron chi connectivity index (χ0n) is 12.0. The number of aliphatic hydroxyl groups is 1. The lowest BCUT2D eigenvalue weighted by atomic mass is 9.99. The molecule has 0 spiro atoms. The van der Waals surface area contributed by atoms with Gasteiger partial charge in [-0.15, -0.1) is 0 Å². The Labute approximate surface area is 120 Å². The van der Waals surface area contributed by atoms with Crippen LogP contribution in [0.15, 0.2) is 0 Å². The highest BCUT2D eigenvalue weighted by Gasteiger charge is 2.29. The van der Waals surface area contributed by atoms with Crippen LogP contribution in [0.3, 0.4) is 0 Å². The summed E-state index contributed by atoms with van der Waals surface area (Å²) in [5, 5.41) is 19.1. The lowest BCUT2D eigenvalue weighted by molar-refractivity contribution is 0.0577. The predicted molar refractivity (Wildman–Crippen MR) is 77.6 cm³/mol. The number of aromatic nitrogens is 2. The van der Waals surface area contributed by atoms with Gasteiger partial charge in [0.15, 0.2) is 0 Å². The Morgan fingerprint density at radius 3 is 2.68 bits per heavy atom. The Morgan fingerprint density at radius 1 is 1.47 bits per heavy atom. The zero-order valence-corrected chi connectivity index (χ0v) is 12.8. The summed E-state index contributed by atoms with van der Waals surface area (Å²) >= 11 is 6.37. The van der Waals surface area contributed by atoms with Crippen molar-refractivity contribution in [3.8, 4) is 0 Å². The number of nitrogens with one attached hydrogen (secondary N) is 1. The van der Waals surface area contributed by atoms with Crippen LogP contribution >= 0.6 is 11.6 Å². The molecule has 1 aromatic rings. The molecular weight excluding hydrogens is 262 g/mol. The second-order valence-electron chi connectivity index (χ2n) is 5.71. The van der Waals surface area contributed by atoms with Crippen LogP contribution in [-0.4, -0.2) is 33.1 Å². The van der Waals surface area contributed by atoms with E-state index in [1.165, 1.54) is 12.8 Å². The van der Waals surface area contributed by atoms with Gasteiger partial charge in [-0.2, -0.15) is 5.10 Å². The van der Waals surface area contributed by atoms with Crippen LogP contribution in [0.1, 0.15) is 45.0 Å². The molecule has 108 valence electrons. The number of hydrogen-bond donors (Lipinski definition) is 2. The van der Waals surface area contributed by atoms with Crippen molar-refractivity contribution in [2.75, 3.05) is 6.54 Å². The van der Waals surface area contributed by atoms with Crippen LogP contribution in [0, 0.1) is 0 Å². The van der Waals surface area contributed by atoms with Crippen LogP contribution < -0.4 is 5.32 Å². The fourth-order valence-electron chi connectivity index (χ4n) is 2.26. The molecule has 1 fully saturated rings. The molecule has 1 aromatic heterocycles. The van der Waals surface area contributed by atoms with E-state index < -0.39 is 5.60 Å². The monoisotopic (exact) mass is 285 g/mol. The van der Waals surface area contributed by atoms with E-state index in [1.54, 1.807) is 0 Å². The lowest BCUT2D eigenvalue weighted by Gasteiger charge is -2.24. The van der Waals surface area contributed by atoms with Gasteiger partial charge < -0.3 is 10.4 Å². The third kappa shape index (κ3) is 3.71. The SMILES string of the molecule is CCc1nn(CC)c(CC(C)(O)CNC2CC2)c1Cl. The molecule has 0 radical (unpaired) electrons. The molecule has 1 aliphatic rings. The minimum atomic E-state index is -0.788. The Morgan fingerprint density at radius 2 is 2.16 bits per heavy atom. The summed E-state index contributed by atoms with van der Waals surface area (Å²) in [5.74, 6) is 0. The van der Waals surface area contributed by atoms with E-state index in [2.05, 4.69) is 10.4 Å². The van der Waals surface area contributed by atoms with E-state index in [1.807, 2.05) is 25.5 Å². The Bertz CT molecular complexity index is 438. The van der Waals surface area contributed by atoms with Gasteiger partial charge in [0, 0.05) is 25.6 Å². The van der Waals surface area contributed by atoms with Gasteiger partial charge in [0.05, 0.1) is 22.0 Å². The van der Waals surface area contributed by atoms with E-state index in [0.29, 0.717) is 19.0 Å². The Kier molecular flexibility index (Phi) is 4.54. The minimum absolute atomic E-state index is 0.534. The van der Waals surface area contributed by atoms with Crippen molar-refractivity contribution < 1.29 is 5.11 Å². The van der Waals surface area contributed by atoms with E-state index in [9.17, 15) is 5.11 Å². The van der Waals surface area contributed by atoms with E-state index in [4.69, 9.17) is 11.6 Å². The van der Waals surface area contributed by atoms with Gasteiger partial charge >= 0.3 is 0 Å². The van der Waals surface area contributed by atoms with Gasteiger partial charge in [-0.1, -0.05) is 18.5 Å². The van der Waals surface area contributed by atoms with Crippen LogP contribution in [0.4, 0.5) is 0 Å². The van der Waals surface area contributed by atoms with Gasteiger partial charge in [0.1, 0.15) is 0 Å². The van der Waals surface area contributed by atoms with Crippen LogP contribution in [0.25, 0.3) is 0 Å². The molecular formula is C14H24ClN3O. The molecule has 1 atom stereocenters. The van der Waals surface area contributed by atoms with Crippen molar-refractivity contribution in [2.24, 2.45) is 0 Å². The van der Waals surface area contributed by atoms with Crippen molar-refractivity contribution >= 4 is 11.6 Å². The lowest BCUT2D eigenvalue weighted by Crippen LogP contribution is -2.41. The maximum Gasteiger partial charge on any atom is 0.0850 e. The number of aryl methyl sites for hydroxylation is 2. The van der Waals surface area contributed by atoms with Crippen molar-refractivity contribution in [3.63, 3.8) is 0 Å². The summed E-state index contributed by atoms with van der Waals surface area (Å²) in [6.45, 7) is 7.33. The van der Waals surface area contributed by atoms with E-state index in [-0.39, 0.29) is 0 Å². The average molecular weight is 286 g/mol. The summed E-state index contributed by atoms with van der Waals surface area (Å²) in [6, 6.07) is 0.601. The maximum atomic E-state index is 10.5. The molecule has 4 nitrogen and oxygen atoms in total. The first-order valence-corrected chi connectivity index (χ1v) is 7.54. The van der Waals surface area contributed by atoms with Crippen molar-refractivity contribution in [1.82, 2.24) is 15.1 Å². The van der Waals surface area contributed by atoms with E-state index in [0.717, 1.165) is 29.4 Å². The minimum Gasteiger partial charge on any atom is -0.388 e. The largest absolute Gasteiger partial charge is 0.388 e. The van der Waals surface area contributed by atoms with E-state index >= 15 is 0 Å². The molecule has 0 saturated heterocycles. The quantitative estimate of drug-likeness (QED) is 0.807. The highest BCUT2D eigenvalue weighted by atomic mass is 35.5. The summed E-state index contributed by atoms with van der Waals surface area (Å²) in [5.41, 5.74) is 1.08. The maximum absolute atomic E-state index is 10.5. The van der Waals surface area contributed by atoms with Crippen molar-refractivity contribution in [2.45, 2.75) is 64.6 Å². The third-order valence-electron chi connectivity index (χ3n) is 3.59. The smallest absolute Gasteiger partial charge is 0.0850 e. The topological polar surface area (TPSA) is 50.1 Å². The van der Waals surface area contributed by atoms with Crippen LogP contribution in [-0.2, 0) is 19.4 Å². The first-order chi connectivity index (χ1) is 8.96. The van der Waals surface area contributed by atoms with Gasteiger partial charge in [-0.05, 0) is 33.1 Å². The van der Waals surface area contributed by atoms with Gasteiger partial charge in [-0.3, -0.25) is 4.68 Å². The molecule has 0 bridgehead atoms. The molecule has 0 aromatic carbocycles. The van der Waals surface area contributed by atoms with Crippen molar-refractivity contribution in [1.29, 1.82) is 0 Å². The number of halogens is 1. The standard InChI is InChI=1S/C14H24ClN3O/c1-4-11-13(15)12(18(5-2)17-11)8-14(3,19)9-16-10-6-7-10/h10,16,19H,4-9H2,1-3H3. The normalized spacial score (nSPS) is 18.6. The third-order valence-corrected chi connectivity index (χ3v) is 4.03. The first kappa shape index (κ1) is 14.8. The van der Waals surface area contributed by atoms with Crippen molar-refractivity contribution in [3.05, 3.63) is 16.4 Å². The van der Waals surface area contributed by atoms with Gasteiger partial charge in [0.2, 0.25) is 0 Å². The predicted octanol–water partition coefficient (Wildman–Crippen LogP) is 2.16. The highest BCUT2D eigenvalue weighted by Crippen LogP contribution is 2.26. The Balaban J connectivity index is 2.09. The Hall–Kier alpha value is -0.580. The molecule has 1 unspecified atom stereocenters. The molecule has 1 saturated carbocycles. The fourth-order valence-corrected chi connectivity index (χ4v) is 2.60. The van der Waals surface area contributed by atoms with Crippen LogP contribution in [0.5, 0.6) is 0 Å². The number of hydrogen-bond acceptors (Lipinski definition) is 3.